The van der Waals surface area contributed by atoms with E-state index < -0.39 is 12.1 Å². The van der Waals surface area contributed by atoms with Gasteiger partial charge in [-0.3, -0.25) is 0 Å². The van der Waals surface area contributed by atoms with Crippen molar-refractivity contribution in [3.63, 3.8) is 0 Å². The van der Waals surface area contributed by atoms with Crippen LogP contribution in [0.3, 0.4) is 0 Å². The van der Waals surface area contributed by atoms with Crippen molar-refractivity contribution in [2.24, 2.45) is 23.5 Å². The summed E-state index contributed by atoms with van der Waals surface area (Å²) in [5.41, 5.74) is 5.54. The number of ether oxygens (including phenoxy) is 1. The minimum atomic E-state index is -4.09. The van der Waals surface area contributed by atoms with Gasteiger partial charge in [-0.15, -0.1) is 0 Å². The van der Waals surface area contributed by atoms with Gasteiger partial charge in [0.15, 0.2) is 0 Å². The molecule has 4 atom stereocenters. The summed E-state index contributed by atoms with van der Waals surface area (Å²) in [6, 6.07) is 0. The van der Waals surface area contributed by atoms with Crippen LogP contribution in [-0.2, 0) is 4.74 Å². The molecule has 0 unspecified atom stereocenters. The molecule has 0 radical (unpaired) electrons. The van der Waals surface area contributed by atoms with Gasteiger partial charge in [-0.2, -0.15) is 13.2 Å². The maximum Gasteiger partial charge on any atom is 0.391 e. The van der Waals surface area contributed by atoms with Crippen molar-refractivity contribution >= 4 is 0 Å². The van der Waals surface area contributed by atoms with Crippen LogP contribution >= 0.6 is 0 Å². The maximum absolute atomic E-state index is 12.6. The monoisotopic (exact) mass is 223 g/mol. The molecule has 0 bridgehead atoms. The summed E-state index contributed by atoms with van der Waals surface area (Å²) in [6.07, 6.45) is -3.12. The predicted molar refractivity (Wildman–Crippen MR) is 49.2 cm³/mol. The predicted octanol–water partition coefficient (Wildman–Crippen LogP) is 1.94. The Morgan fingerprint density at radius 1 is 1.27 bits per heavy atom. The topological polar surface area (TPSA) is 35.2 Å². The Hall–Kier alpha value is -0.290. The molecule has 2 N–H and O–H groups in total. The molecule has 1 saturated heterocycles. The molecular formula is C10H16F3NO. The van der Waals surface area contributed by atoms with Gasteiger partial charge < -0.3 is 10.5 Å². The second kappa shape index (κ2) is 3.94. The van der Waals surface area contributed by atoms with E-state index >= 15 is 0 Å². The zero-order valence-corrected chi connectivity index (χ0v) is 8.46. The minimum absolute atomic E-state index is 0.0159. The first-order valence-electron chi connectivity index (χ1n) is 5.40. The molecule has 5 heteroatoms. The lowest BCUT2D eigenvalue weighted by atomic mass is 9.72. The average Bonchev–Trinajstić information content (AvgIpc) is 2.62. The molecule has 2 rings (SSSR count). The Kier molecular flexibility index (Phi) is 2.94. The van der Waals surface area contributed by atoms with E-state index in [4.69, 9.17) is 10.5 Å². The Balaban J connectivity index is 2.08. The van der Waals surface area contributed by atoms with Crippen LogP contribution in [0.15, 0.2) is 0 Å². The quantitative estimate of drug-likeness (QED) is 0.737. The van der Waals surface area contributed by atoms with Crippen molar-refractivity contribution < 1.29 is 17.9 Å². The van der Waals surface area contributed by atoms with Crippen LogP contribution in [0.2, 0.25) is 0 Å². The van der Waals surface area contributed by atoms with E-state index in [0.29, 0.717) is 13.2 Å². The van der Waals surface area contributed by atoms with Crippen LogP contribution in [0.1, 0.15) is 19.3 Å². The number of nitrogens with two attached hydrogens (primary N) is 1. The van der Waals surface area contributed by atoms with Crippen molar-refractivity contribution in [1.29, 1.82) is 0 Å². The Morgan fingerprint density at radius 2 is 2.00 bits per heavy atom. The van der Waals surface area contributed by atoms with E-state index in [-0.39, 0.29) is 30.8 Å². The van der Waals surface area contributed by atoms with Crippen LogP contribution in [0.25, 0.3) is 0 Å². The lowest BCUT2D eigenvalue weighted by Gasteiger charge is -2.37. The number of hydrogen-bond acceptors (Lipinski definition) is 2. The third kappa shape index (κ3) is 2.13. The third-order valence-corrected chi connectivity index (χ3v) is 3.74. The lowest BCUT2D eigenvalue weighted by molar-refractivity contribution is -0.197. The van der Waals surface area contributed by atoms with Gasteiger partial charge in [0.05, 0.1) is 12.0 Å². The molecule has 0 spiro atoms. The molecule has 0 aromatic carbocycles. The average molecular weight is 223 g/mol. The molecule has 2 fully saturated rings. The van der Waals surface area contributed by atoms with Crippen LogP contribution < -0.4 is 5.73 Å². The highest BCUT2D eigenvalue weighted by Crippen LogP contribution is 2.46. The van der Waals surface area contributed by atoms with E-state index in [1.807, 2.05) is 0 Å². The number of hydrogen-bond donors (Lipinski definition) is 1. The molecule has 1 aliphatic heterocycles. The normalized spacial score (nSPS) is 41.6. The second-order valence-electron chi connectivity index (χ2n) is 4.57. The summed E-state index contributed by atoms with van der Waals surface area (Å²) in [5, 5.41) is 0. The summed E-state index contributed by atoms with van der Waals surface area (Å²) < 4.78 is 43.2. The van der Waals surface area contributed by atoms with Gasteiger partial charge in [0.2, 0.25) is 0 Å². The smallest absolute Gasteiger partial charge is 0.378 e. The first-order valence-corrected chi connectivity index (χ1v) is 5.40. The van der Waals surface area contributed by atoms with Gasteiger partial charge in [0.1, 0.15) is 0 Å². The Bertz CT molecular complexity index is 231. The van der Waals surface area contributed by atoms with Crippen molar-refractivity contribution in [3.05, 3.63) is 0 Å². The summed E-state index contributed by atoms with van der Waals surface area (Å²) >= 11 is 0. The molecule has 88 valence electrons. The highest BCUT2D eigenvalue weighted by atomic mass is 19.4. The van der Waals surface area contributed by atoms with E-state index in [9.17, 15) is 13.2 Å². The van der Waals surface area contributed by atoms with Crippen molar-refractivity contribution in [1.82, 2.24) is 0 Å². The summed E-state index contributed by atoms with van der Waals surface area (Å²) in [7, 11) is 0. The molecule has 15 heavy (non-hydrogen) atoms. The Morgan fingerprint density at radius 3 is 2.60 bits per heavy atom. The second-order valence-corrected chi connectivity index (χ2v) is 4.57. The number of rotatable bonds is 1. The fourth-order valence-corrected chi connectivity index (χ4v) is 2.90. The lowest BCUT2D eigenvalue weighted by Crippen LogP contribution is -2.42. The Labute approximate surface area is 87.0 Å². The summed E-state index contributed by atoms with van der Waals surface area (Å²) in [5.74, 6) is -0.975. The van der Waals surface area contributed by atoms with Crippen LogP contribution in [0, 0.1) is 17.8 Å². The molecule has 2 aliphatic rings. The van der Waals surface area contributed by atoms with E-state index in [2.05, 4.69) is 0 Å². The number of halogens is 3. The maximum atomic E-state index is 12.6. The van der Waals surface area contributed by atoms with Gasteiger partial charge in [-0.1, -0.05) is 0 Å². The highest BCUT2D eigenvalue weighted by molar-refractivity contribution is 4.92. The van der Waals surface area contributed by atoms with Crippen molar-refractivity contribution in [2.45, 2.75) is 31.5 Å². The molecule has 0 aromatic heterocycles. The molecule has 1 heterocycles. The highest BCUT2D eigenvalue weighted by Gasteiger charge is 2.49. The van der Waals surface area contributed by atoms with E-state index in [1.54, 1.807) is 0 Å². The van der Waals surface area contributed by atoms with Crippen LogP contribution in [-0.4, -0.2) is 25.4 Å². The molecule has 2 nitrogen and oxygen atoms in total. The fraction of sp³-hybridized carbons (Fsp3) is 1.00. The van der Waals surface area contributed by atoms with Crippen LogP contribution in [0.4, 0.5) is 13.2 Å². The van der Waals surface area contributed by atoms with Gasteiger partial charge >= 0.3 is 6.18 Å². The van der Waals surface area contributed by atoms with E-state index in [0.717, 1.165) is 6.42 Å². The summed E-state index contributed by atoms with van der Waals surface area (Å²) in [6.45, 7) is 0.938. The number of fused-ring (bicyclic) bond motifs is 1. The molecular weight excluding hydrogens is 207 g/mol. The zero-order chi connectivity index (χ0) is 11.1. The molecule has 0 aromatic rings. The third-order valence-electron chi connectivity index (χ3n) is 3.74. The van der Waals surface area contributed by atoms with E-state index in [1.165, 1.54) is 0 Å². The molecule has 1 saturated carbocycles. The number of alkyl halides is 3. The van der Waals surface area contributed by atoms with Crippen LogP contribution in [0.5, 0.6) is 0 Å². The van der Waals surface area contributed by atoms with Gasteiger partial charge in [-0.25, -0.2) is 0 Å². The van der Waals surface area contributed by atoms with Gasteiger partial charge in [0.25, 0.3) is 0 Å². The van der Waals surface area contributed by atoms with Gasteiger partial charge in [-0.05, 0) is 37.6 Å². The standard InChI is InChI=1S/C10H16F3NO/c11-10(12,13)7-3-6(5-14)8-1-2-15-9(8)4-7/h6-9H,1-5,14H2/t6-,7+,8-,9+/m1/s1. The minimum Gasteiger partial charge on any atom is -0.378 e. The SMILES string of the molecule is NC[C@H]1C[C@H](C(F)(F)F)C[C@@H]2OCC[C@H]12. The largest absolute Gasteiger partial charge is 0.391 e. The fourth-order valence-electron chi connectivity index (χ4n) is 2.90. The molecule has 0 amide bonds. The molecule has 1 aliphatic carbocycles. The first kappa shape index (κ1) is 11.2. The van der Waals surface area contributed by atoms with Crippen molar-refractivity contribution in [3.8, 4) is 0 Å². The zero-order valence-electron chi connectivity index (χ0n) is 8.46. The first-order chi connectivity index (χ1) is 7.02. The summed E-state index contributed by atoms with van der Waals surface area (Å²) in [4.78, 5) is 0. The van der Waals surface area contributed by atoms with Gasteiger partial charge in [0, 0.05) is 6.61 Å². The van der Waals surface area contributed by atoms with Crippen molar-refractivity contribution in [2.75, 3.05) is 13.2 Å².